The Balaban J connectivity index is 1.59. The van der Waals surface area contributed by atoms with Crippen molar-refractivity contribution in [3.05, 3.63) is 81.1 Å². The zero-order valence-corrected chi connectivity index (χ0v) is 18.7. The van der Waals surface area contributed by atoms with Gasteiger partial charge in [0, 0.05) is 17.7 Å². The van der Waals surface area contributed by atoms with Gasteiger partial charge in [-0.1, -0.05) is 12.1 Å². The standard InChI is InChI=1S/C22H22BrN5O3/c1-13-20(23)14(2)28(27-13)18-9-7-17(8-10-18)21(30)25-11-15-3-5-16(6-4-15)22(31)26-12-19(24)29/h3-10H,11-12H2,1-2H3,(H2,24,29)(H,25,30)(H,26,31). The van der Waals surface area contributed by atoms with Gasteiger partial charge in [-0.2, -0.15) is 5.10 Å². The highest BCUT2D eigenvalue weighted by Crippen LogP contribution is 2.23. The Morgan fingerprint density at radius 2 is 1.48 bits per heavy atom. The summed E-state index contributed by atoms with van der Waals surface area (Å²) >= 11 is 3.52. The fourth-order valence-electron chi connectivity index (χ4n) is 2.96. The van der Waals surface area contributed by atoms with Crippen molar-refractivity contribution in [2.75, 3.05) is 6.54 Å². The van der Waals surface area contributed by atoms with E-state index in [2.05, 4.69) is 31.7 Å². The van der Waals surface area contributed by atoms with E-state index >= 15 is 0 Å². The molecular weight excluding hydrogens is 462 g/mol. The molecule has 160 valence electrons. The van der Waals surface area contributed by atoms with Crippen molar-refractivity contribution in [1.82, 2.24) is 20.4 Å². The fourth-order valence-corrected chi connectivity index (χ4v) is 3.20. The third-order valence-electron chi connectivity index (χ3n) is 4.67. The molecule has 0 atom stereocenters. The summed E-state index contributed by atoms with van der Waals surface area (Å²) in [5, 5.41) is 9.77. The summed E-state index contributed by atoms with van der Waals surface area (Å²) in [5.41, 5.74) is 9.54. The molecule has 1 aromatic heterocycles. The molecular formula is C22H22BrN5O3. The van der Waals surface area contributed by atoms with Crippen LogP contribution in [0.2, 0.25) is 0 Å². The summed E-state index contributed by atoms with van der Waals surface area (Å²) in [7, 11) is 0. The topological polar surface area (TPSA) is 119 Å². The number of nitrogens with two attached hydrogens (primary N) is 1. The highest BCUT2D eigenvalue weighted by molar-refractivity contribution is 9.10. The van der Waals surface area contributed by atoms with Crippen LogP contribution in [0.1, 0.15) is 37.7 Å². The van der Waals surface area contributed by atoms with Crippen molar-refractivity contribution in [2.24, 2.45) is 5.73 Å². The number of carbonyl (C=O) groups is 3. The van der Waals surface area contributed by atoms with Gasteiger partial charge >= 0.3 is 0 Å². The van der Waals surface area contributed by atoms with Crippen LogP contribution < -0.4 is 16.4 Å². The molecule has 31 heavy (non-hydrogen) atoms. The molecule has 2 aromatic carbocycles. The summed E-state index contributed by atoms with van der Waals surface area (Å²) in [6.45, 7) is 3.99. The number of aromatic nitrogens is 2. The number of carbonyl (C=O) groups excluding carboxylic acids is 3. The first kappa shape index (κ1) is 22.2. The lowest BCUT2D eigenvalue weighted by molar-refractivity contribution is -0.117. The number of halogens is 1. The summed E-state index contributed by atoms with van der Waals surface area (Å²) in [6, 6.07) is 13.9. The van der Waals surface area contributed by atoms with Crippen LogP contribution in [0.4, 0.5) is 0 Å². The highest BCUT2D eigenvalue weighted by Gasteiger charge is 2.12. The number of benzene rings is 2. The molecule has 0 unspecified atom stereocenters. The van der Waals surface area contributed by atoms with E-state index in [-0.39, 0.29) is 18.4 Å². The summed E-state index contributed by atoms with van der Waals surface area (Å²) in [6.07, 6.45) is 0. The number of aryl methyl sites for hydroxylation is 1. The third kappa shape index (κ3) is 5.37. The number of primary amides is 1. The quantitative estimate of drug-likeness (QED) is 0.477. The Morgan fingerprint density at radius 1 is 0.935 bits per heavy atom. The van der Waals surface area contributed by atoms with Crippen LogP contribution in [0.25, 0.3) is 5.69 Å². The van der Waals surface area contributed by atoms with E-state index in [9.17, 15) is 14.4 Å². The Bertz CT molecular complexity index is 1120. The van der Waals surface area contributed by atoms with E-state index in [1.165, 1.54) is 0 Å². The van der Waals surface area contributed by atoms with Gasteiger partial charge in [0.15, 0.2) is 0 Å². The summed E-state index contributed by atoms with van der Waals surface area (Å²) in [5.74, 6) is -1.20. The van der Waals surface area contributed by atoms with Gasteiger partial charge in [-0.15, -0.1) is 0 Å². The van der Waals surface area contributed by atoms with Crippen molar-refractivity contribution in [3.63, 3.8) is 0 Å². The van der Waals surface area contributed by atoms with Crippen molar-refractivity contribution < 1.29 is 14.4 Å². The zero-order valence-electron chi connectivity index (χ0n) is 17.1. The number of hydrogen-bond acceptors (Lipinski definition) is 4. The van der Waals surface area contributed by atoms with Crippen LogP contribution in [0.3, 0.4) is 0 Å². The molecule has 0 saturated carbocycles. The maximum Gasteiger partial charge on any atom is 0.251 e. The molecule has 0 aliphatic carbocycles. The normalized spacial score (nSPS) is 10.5. The number of nitrogens with one attached hydrogen (secondary N) is 2. The monoisotopic (exact) mass is 483 g/mol. The largest absolute Gasteiger partial charge is 0.368 e. The van der Waals surface area contributed by atoms with E-state index in [4.69, 9.17) is 5.73 Å². The molecule has 0 fully saturated rings. The van der Waals surface area contributed by atoms with E-state index in [0.29, 0.717) is 17.7 Å². The number of nitrogens with zero attached hydrogens (tertiary/aromatic N) is 2. The van der Waals surface area contributed by atoms with Crippen molar-refractivity contribution in [1.29, 1.82) is 0 Å². The molecule has 0 aliphatic heterocycles. The fraction of sp³-hybridized carbons (Fsp3) is 0.182. The summed E-state index contributed by atoms with van der Waals surface area (Å²) in [4.78, 5) is 35.1. The van der Waals surface area contributed by atoms with Gasteiger partial charge in [-0.3, -0.25) is 14.4 Å². The van der Waals surface area contributed by atoms with E-state index < -0.39 is 5.91 Å². The molecule has 8 nitrogen and oxygen atoms in total. The van der Waals surface area contributed by atoms with Crippen LogP contribution in [-0.2, 0) is 11.3 Å². The molecule has 3 rings (SSSR count). The number of amides is 3. The Morgan fingerprint density at radius 3 is 2.00 bits per heavy atom. The maximum absolute atomic E-state index is 12.5. The van der Waals surface area contributed by atoms with Gasteiger partial charge < -0.3 is 16.4 Å². The van der Waals surface area contributed by atoms with Gasteiger partial charge in [0.05, 0.1) is 28.1 Å². The Labute approximate surface area is 187 Å². The van der Waals surface area contributed by atoms with Crippen LogP contribution in [0, 0.1) is 13.8 Å². The van der Waals surface area contributed by atoms with Gasteiger partial charge in [-0.05, 0) is 71.7 Å². The molecule has 9 heteroatoms. The van der Waals surface area contributed by atoms with Crippen LogP contribution in [0.15, 0.2) is 53.0 Å². The van der Waals surface area contributed by atoms with Gasteiger partial charge in [0.1, 0.15) is 0 Å². The first-order chi connectivity index (χ1) is 14.8. The molecule has 0 radical (unpaired) electrons. The second kappa shape index (κ2) is 9.57. The SMILES string of the molecule is Cc1nn(-c2ccc(C(=O)NCc3ccc(C(=O)NCC(N)=O)cc3)cc2)c(C)c1Br. The molecule has 3 aromatic rings. The van der Waals surface area contributed by atoms with Crippen LogP contribution in [0.5, 0.6) is 0 Å². The minimum absolute atomic E-state index is 0.204. The lowest BCUT2D eigenvalue weighted by atomic mass is 10.1. The average molecular weight is 484 g/mol. The zero-order chi connectivity index (χ0) is 22.5. The highest BCUT2D eigenvalue weighted by atomic mass is 79.9. The molecule has 4 N–H and O–H groups in total. The second-order valence-electron chi connectivity index (χ2n) is 6.97. The molecule has 0 bridgehead atoms. The number of rotatable bonds is 7. The van der Waals surface area contributed by atoms with Crippen molar-refractivity contribution in [3.8, 4) is 5.69 Å². The number of hydrogen-bond donors (Lipinski definition) is 3. The maximum atomic E-state index is 12.5. The lowest BCUT2D eigenvalue weighted by Crippen LogP contribution is -2.33. The smallest absolute Gasteiger partial charge is 0.251 e. The van der Waals surface area contributed by atoms with Gasteiger partial charge in [-0.25, -0.2) is 4.68 Å². The Kier molecular flexibility index (Phi) is 6.86. The molecule has 0 aliphatic rings. The van der Waals surface area contributed by atoms with Crippen LogP contribution in [-0.4, -0.2) is 34.0 Å². The lowest BCUT2D eigenvalue weighted by Gasteiger charge is -2.08. The molecule has 1 heterocycles. The summed E-state index contributed by atoms with van der Waals surface area (Å²) < 4.78 is 2.79. The van der Waals surface area contributed by atoms with E-state index in [0.717, 1.165) is 27.1 Å². The predicted molar refractivity (Wildman–Crippen MR) is 120 cm³/mol. The molecule has 3 amide bonds. The Hall–Kier alpha value is -3.46. The van der Waals surface area contributed by atoms with Crippen molar-refractivity contribution in [2.45, 2.75) is 20.4 Å². The average Bonchev–Trinajstić information content (AvgIpc) is 3.03. The van der Waals surface area contributed by atoms with Crippen LogP contribution >= 0.6 is 15.9 Å². The van der Waals surface area contributed by atoms with Gasteiger partial charge in [0.25, 0.3) is 11.8 Å². The first-order valence-corrected chi connectivity index (χ1v) is 10.3. The molecule has 0 saturated heterocycles. The van der Waals surface area contributed by atoms with E-state index in [1.807, 2.05) is 30.7 Å². The van der Waals surface area contributed by atoms with Crippen molar-refractivity contribution >= 4 is 33.7 Å². The second-order valence-corrected chi connectivity index (χ2v) is 7.77. The van der Waals surface area contributed by atoms with E-state index in [1.54, 1.807) is 36.4 Å². The third-order valence-corrected chi connectivity index (χ3v) is 5.82. The predicted octanol–water partition coefficient (Wildman–Crippen LogP) is 2.40. The molecule has 0 spiro atoms. The minimum Gasteiger partial charge on any atom is -0.368 e. The first-order valence-electron chi connectivity index (χ1n) is 9.52. The minimum atomic E-state index is -0.608. The van der Waals surface area contributed by atoms with Gasteiger partial charge in [0.2, 0.25) is 5.91 Å².